The highest BCUT2D eigenvalue weighted by atomic mass is 79.9. The molecule has 0 radical (unpaired) electrons. The van der Waals surface area contributed by atoms with E-state index in [0.29, 0.717) is 18.0 Å². The van der Waals surface area contributed by atoms with E-state index in [1.807, 2.05) is 36.4 Å². The third-order valence-electron chi connectivity index (χ3n) is 4.94. The van der Waals surface area contributed by atoms with Gasteiger partial charge in [-0.15, -0.1) is 11.3 Å². The summed E-state index contributed by atoms with van der Waals surface area (Å²) in [5.41, 5.74) is 4.01. The quantitative estimate of drug-likeness (QED) is 0.334. The highest BCUT2D eigenvalue weighted by molar-refractivity contribution is 9.10. The molecule has 0 unspecified atom stereocenters. The molecule has 0 aliphatic carbocycles. The molecule has 1 heterocycles. The Labute approximate surface area is 197 Å². The van der Waals surface area contributed by atoms with Crippen LogP contribution >= 0.6 is 27.3 Å². The number of rotatable bonds is 10. The fourth-order valence-corrected chi connectivity index (χ4v) is 4.26. The number of benzene rings is 2. The predicted molar refractivity (Wildman–Crippen MR) is 135 cm³/mol. The largest absolute Gasteiger partial charge is 0.352 e. The normalized spacial score (nSPS) is 11.0. The second-order valence-corrected chi connectivity index (χ2v) is 9.85. The van der Waals surface area contributed by atoms with E-state index in [4.69, 9.17) is 4.98 Å². The smallest absolute Gasteiger partial charge is 0.251 e. The molecule has 1 N–H and O–H groups in total. The van der Waals surface area contributed by atoms with E-state index in [1.165, 1.54) is 5.56 Å². The molecular formula is C25H30BrN3OS. The van der Waals surface area contributed by atoms with Gasteiger partial charge in [-0.05, 0) is 42.2 Å². The van der Waals surface area contributed by atoms with E-state index >= 15 is 0 Å². The summed E-state index contributed by atoms with van der Waals surface area (Å²) in [6.45, 7) is 8.82. The van der Waals surface area contributed by atoms with Gasteiger partial charge in [-0.2, -0.15) is 0 Å². The van der Waals surface area contributed by atoms with Gasteiger partial charge in [-0.3, -0.25) is 4.79 Å². The first-order valence-corrected chi connectivity index (χ1v) is 12.5. The van der Waals surface area contributed by atoms with Crippen molar-refractivity contribution < 1.29 is 4.79 Å². The molecule has 3 rings (SSSR count). The van der Waals surface area contributed by atoms with E-state index in [0.717, 1.165) is 46.8 Å². The van der Waals surface area contributed by atoms with Gasteiger partial charge in [-0.1, -0.05) is 67.4 Å². The van der Waals surface area contributed by atoms with Crippen LogP contribution in [-0.4, -0.2) is 24.0 Å². The topological polar surface area (TPSA) is 45.2 Å². The highest BCUT2D eigenvalue weighted by Crippen LogP contribution is 2.29. The lowest BCUT2D eigenvalue weighted by atomic mass is 10.1. The van der Waals surface area contributed by atoms with Crippen LogP contribution in [0.1, 0.15) is 49.5 Å². The lowest BCUT2D eigenvalue weighted by Gasteiger charge is -2.22. The standard InChI is InChI=1S/C25H30BrN3OS/c1-4-5-14-29(25-28-23(17-31-25)20-10-12-22(26)13-11-20)16-19-6-8-21(9-7-19)24(30)27-15-18(2)3/h6-13,17-18H,4-5,14-16H2,1-3H3,(H,27,30). The molecule has 0 fully saturated rings. The maximum atomic E-state index is 12.3. The fraction of sp³-hybridized carbons (Fsp3) is 0.360. The van der Waals surface area contributed by atoms with Crippen molar-refractivity contribution in [3.8, 4) is 11.3 Å². The van der Waals surface area contributed by atoms with Crippen LogP contribution in [0, 0.1) is 5.92 Å². The van der Waals surface area contributed by atoms with Crippen LogP contribution < -0.4 is 10.2 Å². The minimum Gasteiger partial charge on any atom is -0.352 e. The number of hydrogen-bond donors (Lipinski definition) is 1. The van der Waals surface area contributed by atoms with Crippen molar-refractivity contribution in [2.75, 3.05) is 18.0 Å². The van der Waals surface area contributed by atoms with Gasteiger partial charge in [0.15, 0.2) is 5.13 Å². The van der Waals surface area contributed by atoms with Crippen LogP contribution in [-0.2, 0) is 6.54 Å². The van der Waals surface area contributed by atoms with Gasteiger partial charge in [0.2, 0.25) is 0 Å². The van der Waals surface area contributed by atoms with Crippen molar-refractivity contribution in [1.82, 2.24) is 10.3 Å². The van der Waals surface area contributed by atoms with Crippen LogP contribution in [0.15, 0.2) is 58.4 Å². The van der Waals surface area contributed by atoms with Gasteiger partial charge in [0.25, 0.3) is 5.91 Å². The van der Waals surface area contributed by atoms with E-state index < -0.39 is 0 Å². The number of halogens is 1. The molecule has 2 aromatic carbocycles. The Bertz CT molecular complexity index is 967. The summed E-state index contributed by atoms with van der Waals surface area (Å²) in [6, 6.07) is 16.2. The maximum Gasteiger partial charge on any atom is 0.251 e. The highest BCUT2D eigenvalue weighted by Gasteiger charge is 2.14. The van der Waals surface area contributed by atoms with Gasteiger partial charge >= 0.3 is 0 Å². The van der Waals surface area contributed by atoms with Gasteiger partial charge < -0.3 is 10.2 Å². The summed E-state index contributed by atoms with van der Waals surface area (Å²) in [7, 11) is 0. The summed E-state index contributed by atoms with van der Waals surface area (Å²) < 4.78 is 1.07. The number of unbranched alkanes of at least 4 members (excludes halogenated alkanes) is 1. The average Bonchev–Trinajstić information content (AvgIpc) is 3.26. The summed E-state index contributed by atoms with van der Waals surface area (Å²) in [5, 5.41) is 6.13. The number of nitrogens with one attached hydrogen (secondary N) is 1. The lowest BCUT2D eigenvalue weighted by Crippen LogP contribution is -2.27. The second kappa shape index (κ2) is 11.4. The summed E-state index contributed by atoms with van der Waals surface area (Å²) >= 11 is 5.17. The third kappa shape index (κ3) is 6.91. The molecule has 1 amide bonds. The molecule has 0 saturated carbocycles. The zero-order valence-corrected chi connectivity index (χ0v) is 20.8. The molecule has 0 atom stereocenters. The first kappa shape index (κ1) is 23.5. The maximum absolute atomic E-state index is 12.3. The van der Waals surface area contributed by atoms with E-state index in [-0.39, 0.29) is 5.91 Å². The van der Waals surface area contributed by atoms with Crippen LogP contribution in [0.5, 0.6) is 0 Å². The van der Waals surface area contributed by atoms with Crippen LogP contribution in [0.4, 0.5) is 5.13 Å². The number of nitrogens with zero attached hydrogens (tertiary/aromatic N) is 2. The Hall–Kier alpha value is -2.18. The van der Waals surface area contributed by atoms with Crippen molar-refractivity contribution in [1.29, 1.82) is 0 Å². The third-order valence-corrected chi connectivity index (χ3v) is 6.37. The number of aromatic nitrogens is 1. The molecular weight excluding hydrogens is 470 g/mol. The van der Waals surface area contributed by atoms with E-state index in [9.17, 15) is 4.79 Å². The van der Waals surface area contributed by atoms with Crippen molar-refractivity contribution in [3.63, 3.8) is 0 Å². The first-order valence-electron chi connectivity index (χ1n) is 10.8. The number of carbonyl (C=O) groups is 1. The first-order chi connectivity index (χ1) is 15.0. The fourth-order valence-electron chi connectivity index (χ4n) is 3.13. The Morgan fingerprint density at radius 3 is 2.48 bits per heavy atom. The van der Waals surface area contributed by atoms with Gasteiger partial charge in [0, 0.05) is 40.6 Å². The second-order valence-electron chi connectivity index (χ2n) is 8.10. The summed E-state index contributed by atoms with van der Waals surface area (Å²) in [5.74, 6) is 0.429. The monoisotopic (exact) mass is 499 g/mol. The predicted octanol–water partition coefficient (Wildman–Crippen LogP) is 6.77. The van der Waals surface area contributed by atoms with Crippen LogP contribution in [0.2, 0.25) is 0 Å². The van der Waals surface area contributed by atoms with Crippen molar-refractivity contribution in [3.05, 3.63) is 69.5 Å². The summed E-state index contributed by atoms with van der Waals surface area (Å²) in [4.78, 5) is 19.5. The molecule has 0 aliphatic rings. The molecule has 4 nitrogen and oxygen atoms in total. The Morgan fingerprint density at radius 2 is 1.84 bits per heavy atom. The van der Waals surface area contributed by atoms with E-state index in [1.54, 1.807) is 11.3 Å². The van der Waals surface area contributed by atoms with Crippen LogP contribution in [0.25, 0.3) is 11.3 Å². The molecule has 1 aromatic heterocycles. The molecule has 0 aliphatic heterocycles. The van der Waals surface area contributed by atoms with Crippen LogP contribution in [0.3, 0.4) is 0 Å². The number of thiazole rings is 1. The molecule has 0 saturated heterocycles. The molecule has 0 spiro atoms. The SMILES string of the molecule is CCCCN(Cc1ccc(C(=O)NCC(C)C)cc1)c1nc(-c2ccc(Br)cc2)cs1. The lowest BCUT2D eigenvalue weighted by molar-refractivity contribution is 0.0949. The van der Waals surface area contributed by atoms with Gasteiger partial charge in [-0.25, -0.2) is 4.98 Å². The van der Waals surface area contributed by atoms with Crippen molar-refractivity contribution in [2.45, 2.75) is 40.2 Å². The number of hydrogen-bond acceptors (Lipinski definition) is 4. The molecule has 0 bridgehead atoms. The summed E-state index contributed by atoms with van der Waals surface area (Å²) in [6.07, 6.45) is 2.25. The Kier molecular flexibility index (Phi) is 8.67. The molecule has 164 valence electrons. The average molecular weight is 501 g/mol. The zero-order valence-electron chi connectivity index (χ0n) is 18.4. The van der Waals surface area contributed by atoms with Gasteiger partial charge in [0.1, 0.15) is 0 Å². The van der Waals surface area contributed by atoms with E-state index in [2.05, 4.69) is 64.4 Å². The molecule has 31 heavy (non-hydrogen) atoms. The Balaban J connectivity index is 1.71. The Morgan fingerprint density at radius 1 is 1.13 bits per heavy atom. The number of amides is 1. The minimum absolute atomic E-state index is 0.0119. The minimum atomic E-state index is -0.0119. The van der Waals surface area contributed by atoms with Gasteiger partial charge in [0.05, 0.1) is 5.69 Å². The number of anilines is 1. The zero-order chi connectivity index (χ0) is 22.2. The van der Waals surface area contributed by atoms with Crippen molar-refractivity contribution in [2.24, 2.45) is 5.92 Å². The molecule has 6 heteroatoms. The number of carbonyl (C=O) groups excluding carboxylic acids is 1. The van der Waals surface area contributed by atoms with Crippen molar-refractivity contribution >= 4 is 38.3 Å². The molecule has 3 aromatic rings.